The van der Waals surface area contributed by atoms with Gasteiger partial charge in [-0.3, -0.25) is 9.52 Å². The number of thiazole rings is 1. The van der Waals surface area contributed by atoms with E-state index in [0.717, 1.165) is 0 Å². The lowest BCUT2D eigenvalue weighted by Gasteiger charge is -2.07. The number of hydrogen-bond acceptors (Lipinski definition) is 6. The fourth-order valence-corrected chi connectivity index (χ4v) is 4.04. The lowest BCUT2D eigenvalue weighted by Crippen LogP contribution is -2.27. The Labute approximate surface area is 157 Å². The smallest absolute Gasteiger partial charge is 0.263 e. The Balaban J connectivity index is 1.93. The van der Waals surface area contributed by atoms with E-state index >= 15 is 0 Å². The van der Waals surface area contributed by atoms with Crippen molar-refractivity contribution in [2.45, 2.75) is 31.6 Å². The van der Waals surface area contributed by atoms with Crippen molar-refractivity contribution < 1.29 is 17.9 Å². The van der Waals surface area contributed by atoms with E-state index in [0.29, 0.717) is 36.7 Å². The molecule has 0 radical (unpaired) electrons. The van der Waals surface area contributed by atoms with E-state index < -0.39 is 10.0 Å². The molecule has 0 saturated heterocycles. The Morgan fingerprint density at radius 1 is 1.27 bits per heavy atom. The second-order valence-corrected chi connectivity index (χ2v) is 8.66. The van der Waals surface area contributed by atoms with Crippen LogP contribution < -0.4 is 14.8 Å². The molecule has 7 nitrogen and oxygen atoms in total. The average Bonchev–Trinajstić information content (AvgIpc) is 3.04. The molecule has 9 heteroatoms. The first-order chi connectivity index (χ1) is 12.3. The standard InChI is InChI=1S/C17H23N3O4S2/c1-12(2)10-18-16(21)9-4-13-11-25-17(19-13)20-26(22,23)15-7-5-14(24-3)6-8-15/h5-8,11-12H,4,9-10H2,1-3H3,(H,18,21)(H,19,20). The third kappa shape index (κ3) is 5.99. The van der Waals surface area contributed by atoms with Gasteiger partial charge in [-0.05, 0) is 36.6 Å². The molecule has 0 aliphatic rings. The van der Waals surface area contributed by atoms with Gasteiger partial charge >= 0.3 is 0 Å². The Morgan fingerprint density at radius 3 is 2.58 bits per heavy atom. The number of nitrogens with zero attached hydrogens (tertiary/aromatic N) is 1. The minimum absolute atomic E-state index is 0.0351. The van der Waals surface area contributed by atoms with E-state index in [1.165, 1.54) is 30.6 Å². The molecule has 0 aliphatic carbocycles. The molecule has 0 spiro atoms. The van der Waals surface area contributed by atoms with Gasteiger partial charge in [0.25, 0.3) is 10.0 Å². The van der Waals surface area contributed by atoms with Crippen molar-refractivity contribution in [3.05, 3.63) is 35.3 Å². The summed E-state index contributed by atoms with van der Waals surface area (Å²) in [5.74, 6) is 0.945. The quantitative estimate of drug-likeness (QED) is 0.678. The molecule has 26 heavy (non-hydrogen) atoms. The van der Waals surface area contributed by atoms with Crippen molar-refractivity contribution in [2.24, 2.45) is 5.92 Å². The summed E-state index contributed by atoms with van der Waals surface area (Å²) in [6.07, 6.45) is 0.784. The summed E-state index contributed by atoms with van der Waals surface area (Å²) in [5.41, 5.74) is 0.683. The van der Waals surface area contributed by atoms with Crippen molar-refractivity contribution in [1.82, 2.24) is 10.3 Å². The number of carbonyl (C=O) groups excluding carboxylic acids is 1. The molecule has 0 atom stereocenters. The summed E-state index contributed by atoms with van der Waals surface area (Å²) >= 11 is 1.19. The van der Waals surface area contributed by atoms with E-state index in [1.54, 1.807) is 17.5 Å². The van der Waals surface area contributed by atoms with Crippen LogP contribution in [0.25, 0.3) is 0 Å². The summed E-state index contributed by atoms with van der Waals surface area (Å²) in [6.45, 7) is 4.70. The summed E-state index contributed by atoms with van der Waals surface area (Å²) < 4.78 is 32.2. The third-order valence-corrected chi connectivity index (χ3v) is 5.75. The number of rotatable bonds is 9. The lowest BCUT2D eigenvalue weighted by molar-refractivity contribution is -0.121. The number of amides is 1. The second kappa shape index (κ2) is 9.00. The maximum atomic E-state index is 12.4. The molecule has 0 aliphatic heterocycles. The Bertz CT molecular complexity index is 830. The normalized spacial score (nSPS) is 11.4. The number of sulfonamides is 1. The van der Waals surface area contributed by atoms with Gasteiger partial charge in [0.1, 0.15) is 5.75 Å². The van der Waals surface area contributed by atoms with Crippen molar-refractivity contribution in [3.8, 4) is 5.75 Å². The van der Waals surface area contributed by atoms with Crippen LogP contribution in [0.5, 0.6) is 5.75 Å². The zero-order valence-electron chi connectivity index (χ0n) is 15.0. The molecule has 1 heterocycles. The molecule has 2 aromatic rings. The van der Waals surface area contributed by atoms with Gasteiger partial charge in [0.15, 0.2) is 5.13 Å². The Hall–Kier alpha value is -2.13. The highest BCUT2D eigenvalue weighted by molar-refractivity contribution is 7.93. The number of carbonyl (C=O) groups is 1. The largest absolute Gasteiger partial charge is 0.497 e. The summed E-state index contributed by atoms with van der Waals surface area (Å²) in [4.78, 5) is 16.1. The molecule has 2 N–H and O–H groups in total. The van der Waals surface area contributed by atoms with E-state index in [4.69, 9.17) is 4.74 Å². The van der Waals surface area contributed by atoms with Crippen LogP contribution in [0.4, 0.5) is 5.13 Å². The van der Waals surface area contributed by atoms with Gasteiger partial charge in [0.05, 0.1) is 17.7 Å². The summed E-state index contributed by atoms with van der Waals surface area (Å²) in [7, 11) is -2.20. The minimum Gasteiger partial charge on any atom is -0.497 e. The van der Waals surface area contributed by atoms with Crippen LogP contribution in [0.1, 0.15) is 26.0 Å². The predicted octanol–water partition coefficient (Wildman–Crippen LogP) is 2.66. The maximum absolute atomic E-state index is 12.4. The maximum Gasteiger partial charge on any atom is 0.263 e. The number of hydrogen-bond donors (Lipinski definition) is 2. The highest BCUT2D eigenvalue weighted by Gasteiger charge is 2.16. The highest BCUT2D eigenvalue weighted by atomic mass is 32.2. The van der Waals surface area contributed by atoms with Gasteiger partial charge < -0.3 is 10.1 Å². The van der Waals surface area contributed by atoms with E-state index in [2.05, 4.69) is 15.0 Å². The first-order valence-electron chi connectivity index (χ1n) is 8.18. The summed E-state index contributed by atoms with van der Waals surface area (Å²) in [5, 5.41) is 4.87. The number of aryl methyl sites for hydroxylation is 1. The lowest BCUT2D eigenvalue weighted by atomic mass is 10.2. The van der Waals surface area contributed by atoms with Gasteiger partial charge in [-0.1, -0.05) is 13.8 Å². The topological polar surface area (TPSA) is 97.4 Å². The van der Waals surface area contributed by atoms with Crippen molar-refractivity contribution >= 4 is 32.4 Å². The predicted molar refractivity (Wildman–Crippen MR) is 102 cm³/mol. The van der Waals surface area contributed by atoms with Gasteiger partial charge in [-0.25, -0.2) is 13.4 Å². The molecular formula is C17H23N3O4S2. The Morgan fingerprint density at radius 2 is 1.96 bits per heavy atom. The highest BCUT2D eigenvalue weighted by Crippen LogP contribution is 2.22. The molecule has 1 aromatic carbocycles. The number of benzene rings is 1. The van der Waals surface area contributed by atoms with Crippen LogP contribution in [0.3, 0.4) is 0 Å². The van der Waals surface area contributed by atoms with Gasteiger partial charge in [0, 0.05) is 18.3 Å². The molecular weight excluding hydrogens is 374 g/mol. The van der Waals surface area contributed by atoms with E-state index in [-0.39, 0.29) is 15.9 Å². The van der Waals surface area contributed by atoms with E-state index in [9.17, 15) is 13.2 Å². The van der Waals surface area contributed by atoms with E-state index in [1.807, 2.05) is 13.8 Å². The number of ether oxygens (including phenoxy) is 1. The SMILES string of the molecule is COc1ccc(S(=O)(=O)Nc2nc(CCC(=O)NCC(C)C)cs2)cc1. The van der Waals surface area contributed by atoms with Crippen LogP contribution in [-0.2, 0) is 21.2 Å². The second-order valence-electron chi connectivity index (χ2n) is 6.12. The number of methoxy groups -OCH3 is 1. The fourth-order valence-electron chi connectivity index (χ4n) is 2.05. The molecule has 1 amide bonds. The molecule has 0 saturated carbocycles. The monoisotopic (exact) mass is 397 g/mol. The first kappa shape index (κ1) is 20.2. The van der Waals surface area contributed by atoms with Crippen molar-refractivity contribution in [3.63, 3.8) is 0 Å². The number of anilines is 1. The van der Waals surface area contributed by atoms with Crippen molar-refractivity contribution in [1.29, 1.82) is 0 Å². The van der Waals surface area contributed by atoms with Gasteiger partial charge in [0.2, 0.25) is 5.91 Å². The van der Waals surface area contributed by atoms with Crippen LogP contribution in [0.15, 0.2) is 34.5 Å². The Kier molecular flexibility index (Phi) is 6.98. The minimum atomic E-state index is -3.71. The molecule has 0 unspecified atom stereocenters. The zero-order valence-corrected chi connectivity index (χ0v) is 16.6. The number of nitrogens with one attached hydrogen (secondary N) is 2. The van der Waals surface area contributed by atoms with Gasteiger partial charge in [-0.2, -0.15) is 0 Å². The van der Waals surface area contributed by atoms with Crippen LogP contribution >= 0.6 is 11.3 Å². The van der Waals surface area contributed by atoms with Crippen LogP contribution in [0.2, 0.25) is 0 Å². The number of aromatic nitrogens is 1. The van der Waals surface area contributed by atoms with Crippen LogP contribution in [-0.4, -0.2) is 33.0 Å². The van der Waals surface area contributed by atoms with Crippen LogP contribution in [0, 0.1) is 5.92 Å². The third-order valence-electron chi connectivity index (χ3n) is 3.46. The average molecular weight is 398 g/mol. The molecule has 0 fully saturated rings. The molecule has 0 bridgehead atoms. The molecule has 142 valence electrons. The summed E-state index contributed by atoms with van der Waals surface area (Å²) in [6, 6.07) is 6.10. The van der Waals surface area contributed by atoms with Crippen molar-refractivity contribution in [2.75, 3.05) is 18.4 Å². The van der Waals surface area contributed by atoms with Gasteiger partial charge in [-0.15, -0.1) is 11.3 Å². The zero-order chi connectivity index (χ0) is 19.2. The molecule has 2 rings (SSSR count). The fraction of sp³-hybridized carbons (Fsp3) is 0.412. The molecule has 1 aromatic heterocycles. The first-order valence-corrected chi connectivity index (χ1v) is 10.5.